The number of hydrogen-bond acceptors (Lipinski definition) is 4. The first-order valence-corrected chi connectivity index (χ1v) is 9.14. The van der Waals surface area contributed by atoms with Crippen molar-refractivity contribution in [3.8, 4) is 0 Å². The van der Waals surface area contributed by atoms with E-state index < -0.39 is 17.3 Å². The van der Waals surface area contributed by atoms with Crippen molar-refractivity contribution < 1.29 is 13.6 Å². The number of carbonyl (C=O) groups is 1. The van der Waals surface area contributed by atoms with Gasteiger partial charge < -0.3 is 9.32 Å². The summed E-state index contributed by atoms with van der Waals surface area (Å²) in [5.74, 6) is -0.892. The lowest BCUT2D eigenvalue weighted by molar-refractivity contribution is 0.0714. The molecule has 3 heterocycles. The lowest BCUT2D eigenvalue weighted by Crippen LogP contribution is -2.29. The molecule has 1 aliphatic rings. The highest BCUT2D eigenvalue weighted by Gasteiger charge is 2.42. The summed E-state index contributed by atoms with van der Waals surface area (Å²) in [6, 6.07) is 16.1. The second kappa shape index (κ2) is 6.67. The Balaban J connectivity index is 1.74. The minimum absolute atomic E-state index is 0.00634. The fourth-order valence-corrected chi connectivity index (χ4v) is 3.83. The summed E-state index contributed by atoms with van der Waals surface area (Å²) in [6.07, 6.45) is 3.22. The molecule has 0 radical (unpaired) electrons. The fourth-order valence-electron chi connectivity index (χ4n) is 3.83. The van der Waals surface area contributed by atoms with Gasteiger partial charge in [-0.15, -0.1) is 0 Å². The minimum Gasteiger partial charge on any atom is -0.450 e. The maximum absolute atomic E-state index is 13.8. The van der Waals surface area contributed by atoms with Gasteiger partial charge in [-0.2, -0.15) is 0 Å². The Morgan fingerprint density at radius 2 is 1.76 bits per heavy atom. The van der Waals surface area contributed by atoms with Crippen LogP contribution in [0.3, 0.4) is 0 Å². The average molecular weight is 386 g/mol. The number of pyridine rings is 1. The number of aromatic nitrogens is 1. The number of hydrogen-bond donors (Lipinski definition) is 0. The molecule has 0 saturated carbocycles. The molecule has 1 atom stereocenters. The fraction of sp³-hybridized carbons (Fsp3) is 0.0870. The molecule has 0 N–H and O–H groups in total. The van der Waals surface area contributed by atoms with Crippen LogP contribution in [-0.2, 0) is 6.54 Å². The summed E-state index contributed by atoms with van der Waals surface area (Å²) < 4.78 is 19.6. The smallest absolute Gasteiger partial charge is 0.291 e. The molecule has 4 aromatic rings. The maximum Gasteiger partial charge on any atom is 0.291 e. The van der Waals surface area contributed by atoms with Crippen LogP contribution in [0.1, 0.15) is 33.3 Å². The van der Waals surface area contributed by atoms with Gasteiger partial charge in [-0.3, -0.25) is 14.6 Å². The van der Waals surface area contributed by atoms with E-state index in [2.05, 4.69) is 4.98 Å². The number of amides is 1. The largest absolute Gasteiger partial charge is 0.450 e. The van der Waals surface area contributed by atoms with Gasteiger partial charge in [-0.05, 0) is 41.5 Å². The summed E-state index contributed by atoms with van der Waals surface area (Å²) in [5, 5.41) is 0.122. The molecule has 1 aliphatic heterocycles. The summed E-state index contributed by atoms with van der Waals surface area (Å²) in [6.45, 7) is 0.307. The lowest BCUT2D eigenvalue weighted by Gasteiger charge is -2.25. The van der Waals surface area contributed by atoms with Gasteiger partial charge in [0.15, 0.2) is 5.43 Å². The Morgan fingerprint density at radius 3 is 2.52 bits per heavy atom. The molecule has 2 aromatic heterocycles. The normalized spacial score (nSPS) is 15.7. The number of benzene rings is 2. The quantitative estimate of drug-likeness (QED) is 0.532. The molecule has 1 amide bonds. The third kappa shape index (κ3) is 2.81. The van der Waals surface area contributed by atoms with Crippen molar-refractivity contribution in [2.24, 2.45) is 0 Å². The van der Waals surface area contributed by atoms with Crippen molar-refractivity contribution in [3.05, 3.63) is 112 Å². The number of rotatable bonds is 3. The molecule has 0 saturated heterocycles. The highest BCUT2D eigenvalue weighted by molar-refractivity contribution is 5.99. The topological polar surface area (TPSA) is 63.4 Å². The van der Waals surface area contributed by atoms with Crippen molar-refractivity contribution in [3.63, 3.8) is 0 Å². The number of halogens is 1. The monoisotopic (exact) mass is 386 g/mol. The van der Waals surface area contributed by atoms with E-state index in [0.717, 1.165) is 17.2 Å². The molecule has 5 nitrogen and oxygen atoms in total. The van der Waals surface area contributed by atoms with Gasteiger partial charge in [0, 0.05) is 18.9 Å². The number of fused-ring (bicyclic) bond motifs is 2. The van der Waals surface area contributed by atoms with Gasteiger partial charge in [0.25, 0.3) is 5.91 Å². The van der Waals surface area contributed by atoms with E-state index >= 15 is 0 Å². The second-order valence-corrected chi connectivity index (χ2v) is 6.92. The molecule has 142 valence electrons. The van der Waals surface area contributed by atoms with Crippen molar-refractivity contribution in [1.82, 2.24) is 9.88 Å². The zero-order chi connectivity index (χ0) is 20.0. The molecule has 6 heteroatoms. The molecule has 2 aromatic carbocycles. The van der Waals surface area contributed by atoms with Crippen LogP contribution in [0, 0.1) is 5.82 Å². The summed E-state index contributed by atoms with van der Waals surface area (Å²) in [4.78, 5) is 32.2. The lowest BCUT2D eigenvalue weighted by atomic mass is 9.99. The molecule has 5 rings (SSSR count). The van der Waals surface area contributed by atoms with Crippen molar-refractivity contribution in [1.29, 1.82) is 0 Å². The summed E-state index contributed by atoms with van der Waals surface area (Å²) in [5.41, 5.74) is 1.70. The van der Waals surface area contributed by atoms with E-state index in [-0.39, 0.29) is 28.2 Å². The van der Waals surface area contributed by atoms with E-state index in [1.807, 2.05) is 30.3 Å². The maximum atomic E-state index is 13.8. The van der Waals surface area contributed by atoms with Crippen LogP contribution >= 0.6 is 0 Å². The first-order valence-electron chi connectivity index (χ1n) is 9.14. The van der Waals surface area contributed by atoms with Crippen molar-refractivity contribution in [2.75, 3.05) is 0 Å². The summed E-state index contributed by atoms with van der Waals surface area (Å²) in [7, 11) is 0. The average Bonchev–Trinajstić information content (AvgIpc) is 3.02. The van der Waals surface area contributed by atoms with Crippen molar-refractivity contribution >= 4 is 16.9 Å². The Kier molecular flexibility index (Phi) is 3.98. The number of carbonyl (C=O) groups excluding carboxylic acids is 1. The van der Waals surface area contributed by atoms with Crippen LogP contribution in [0.25, 0.3) is 11.0 Å². The highest BCUT2D eigenvalue weighted by atomic mass is 19.1. The van der Waals surface area contributed by atoms with E-state index in [1.165, 1.54) is 12.1 Å². The van der Waals surface area contributed by atoms with E-state index in [1.54, 1.807) is 29.4 Å². The van der Waals surface area contributed by atoms with Gasteiger partial charge in [0.1, 0.15) is 11.4 Å². The zero-order valence-corrected chi connectivity index (χ0v) is 15.2. The van der Waals surface area contributed by atoms with Crippen LogP contribution in [0.15, 0.2) is 82.3 Å². The van der Waals surface area contributed by atoms with Crippen LogP contribution in [0.4, 0.5) is 4.39 Å². The molecule has 0 fully saturated rings. The van der Waals surface area contributed by atoms with Gasteiger partial charge in [-0.1, -0.05) is 30.3 Å². The highest BCUT2D eigenvalue weighted by Crippen LogP contribution is 2.38. The molecular weight excluding hydrogens is 371 g/mol. The van der Waals surface area contributed by atoms with E-state index in [9.17, 15) is 14.0 Å². The summed E-state index contributed by atoms with van der Waals surface area (Å²) >= 11 is 0. The van der Waals surface area contributed by atoms with Gasteiger partial charge >= 0.3 is 0 Å². The van der Waals surface area contributed by atoms with Crippen molar-refractivity contribution in [2.45, 2.75) is 12.6 Å². The van der Waals surface area contributed by atoms with Crippen LogP contribution in [0.2, 0.25) is 0 Å². The molecular formula is C23H15FN2O3. The van der Waals surface area contributed by atoms with Gasteiger partial charge in [0.2, 0.25) is 5.76 Å². The molecule has 0 bridgehead atoms. The Labute approximate surface area is 165 Å². The van der Waals surface area contributed by atoms with E-state index in [0.29, 0.717) is 6.54 Å². The first kappa shape index (κ1) is 17.3. The molecule has 29 heavy (non-hydrogen) atoms. The minimum atomic E-state index is -0.635. The Morgan fingerprint density at radius 1 is 1.00 bits per heavy atom. The van der Waals surface area contributed by atoms with Crippen LogP contribution in [-0.4, -0.2) is 15.8 Å². The predicted molar refractivity (Wildman–Crippen MR) is 105 cm³/mol. The van der Waals surface area contributed by atoms with Gasteiger partial charge in [0.05, 0.1) is 17.0 Å². The van der Waals surface area contributed by atoms with Gasteiger partial charge in [-0.25, -0.2) is 4.39 Å². The second-order valence-electron chi connectivity index (χ2n) is 6.92. The molecule has 0 aliphatic carbocycles. The predicted octanol–water partition coefficient (Wildman–Crippen LogP) is 4.07. The standard InChI is InChI=1S/C23H15FN2O3/c24-16-6-7-18-17(12-16)21(27)19-20(15-8-10-25-11-9-15)26(23(28)22(19)29-18)13-14-4-2-1-3-5-14/h1-12,20H,13H2/t20-/m0/s1. The Bertz CT molecular complexity index is 1290. The SMILES string of the molecule is O=C1c2oc3ccc(F)cc3c(=O)c2[C@H](c2ccncc2)N1Cc1ccccc1. The third-order valence-corrected chi connectivity index (χ3v) is 5.15. The van der Waals surface area contributed by atoms with Crippen LogP contribution < -0.4 is 5.43 Å². The first-order chi connectivity index (χ1) is 14.1. The number of nitrogens with zero attached hydrogens (tertiary/aromatic N) is 2. The van der Waals surface area contributed by atoms with Crippen LogP contribution in [0.5, 0.6) is 0 Å². The van der Waals surface area contributed by atoms with E-state index in [4.69, 9.17) is 4.42 Å². The third-order valence-electron chi connectivity index (χ3n) is 5.15. The molecule has 0 unspecified atom stereocenters. The Hall–Kier alpha value is -3.80. The zero-order valence-electron chi connectivity index (χ0n) is 15.2. The molecule has 0 spiro atoms.